The Hall–Kier alpha value is -1.35. The van der Waals surface area contributed by atoms with Crippen LogP contribution < -0.4 is 5.73 Å². The third kappa shape index (κ3) is 3.30. The monoisotopic (exact) mass is 234 g/mol. The number of benzene rings is 1. The molecule has 0 fully saturated rings. The van der Waals surface area contributed by atoms with Gasteiger partial charge in [0.25, 0.3) is 5.91 Å². The first-order valence-electron chi connectivity index (χ1n) is 6.05. The second-order valence-corrected chi connectivity index (χ2v) is 4.68. The van der Waals surface area contributed by atoms with Crippen LogP contribution in [-0.2, 0) is 0 Å². The van der Waals surface area contributed by atoms with E-state index in [1.807, 2.05) is 50.8 Å². The molecule has 0 radical (unpaired) electrons. The smallest absolute Gasteiger partial charge is 0.254 e. The number of aryl methyl sites for hydroxylation is 2. The third-order valence-corrected chi connectivity index (χ3v) is 3.01. The van der Waals surface area contributed by atoms with Gasteiger partial charge in [0, 0.05) is 24.7 Å². The number of carbonyl (C=O) groups excluding carboxylic acids is 1. The van der Waals surface area contributed by atoms with E-state index in [0.29, 0.717) is 13.1 Å². The van der Waals surface area contributed by atoms with E-state index >= 15 is 0 Å². The molecule has 0 saturated carbocycles. The molecule has 0 aliphatic heterocycles. The molecule has 1 rings (SSSR count). The van der Waals surface area contributed by atoms with E-state index in [2.05, 4.69) is 0 Å². The van der Waals surface area contributed by atoms with Gasteiger partial charge in [-0.15, -0.1) is 0 Å². The van der Waals surface area contributed by atoms with Gasteiger partial charge >= 0.3 is 0 Å². The van der Waals surface area contributed by atoms with Crippen molar-refractivity contribution < 1.29 is 4.79 Å². The fourth-order valence-electron chi connectivity index (χ4n) is 1.77. The van der Waals surface area contributed by atoms with E-state index in [1.165, 1.54) is 5.56 Å². The second-order valence-electron chi connectivity index (χ2n) is 4.68. The summed E-state index contributed by atoms with van der Waals surface area (Å²) >= 11 is 0. The van der Waals surface area contributed by atoms with Crippen molar-refractivity contribution in [3.63, 3.8) is 0 Å². The van der Waals surface area contributed by atoms with Crippen LogP contribution in [0, 0.1) is 13.8 Å². The average molecular weight is 234 g/mol. The van der Waals surface area contributed by atoms with Gasteiger partial charge in [0.1, 0.15) is 0 Å². The Labute approximate surface area is 104 Å². The Balaban J connectivity index is 2.97. The van der Waals surface area contributed by atoms with Gasteiger partial charge in [0.05, 0.1) is 0 Å². The van der Waals surface area contributed by atoms with Crippen LogP contribution in [-0.4, -0.2) is 29.9 Å². The van der Waals surface area contributed by atoms with Crippen molar-refractivity contribution >= 4 is 5.91 Å². The number of amides is 1. The van der Waals surface area contributed by atoms with Crippen molar-refractivity contribution in [2.45, 2.75) is 33.7 Å². The van der Waals surface area contributed by atoms with E-state index < -0.39 is 0 Å². The number of carbonyl (C=O) groups is 1. The second kappa shape index (κ2) is 5.82. The highest BCUT2D eigenvalue weighted by Gasteiger charge is 2.17. The quantitative estimate of drug-likeness (QED) is 0.867. The lowest BCUT2D eigenvalue weighted by molar-refractivity contribution is 0.0712. The molecule has 0 unspecified atom stereocenters. The summed E-state index contributed by atoms with van der Waals surface area (Å²) in [7, 11) is 0. The summed E-state index contributed by atoms with van der Waals surface area (Å²) in [5.74, 6) is 0.0635. The van der Waals surface area contributed by atoms with Crippen LogP contribution >= 0.6 is 0 Å². The van der Waals surface area contributed by atoms with Crippen molar-refractivity contribution in [1.29, 1.82) is 0 Å². The molecule has 0 saturated heterocycles. The summed E-state index contributed by atoms with van der Waals surface area (Å²) < 4.78 is 0. The van der Waals surface area contributed by atoms with Crippen LogP contribution in [0.4, 0.5) is 0 Å². The topological polar surface area (TPSA) is 46.3 Å². The Morgan fingerprint density at radius 1 is 1.29 bits per heavy atom. The molecule has 3 nitrogen and oxygen atoms in total. The SMILES string of the molecule is Cc1ccc(C(=O)N(CCN)C(C)C)cc1C. The van der Waals surface area contributed by atoms with Gasteiger partial charge in [-0.3, -0.25) is 4.79 Å². The number of hydrogen-bond donors (Lipinski definition) is 1. The molecular formula is C14H22N2O. The zero-order valence-corrected chi connectivity index (χ0v) is 11.2. The molecule has 94 valence electrons. The zero-order valence-electron chi connectivity index (χ0n) is 11.2. The van der Waals surface area contributed by atoms with Gasteiger partial charge in [-0.25, -0.2) is 0 Å². The molecule has 0 spiro atoms. The summed E-state index contributed by atoms with van der Waals surface area (Å²) in [6.45, 7) is 9.18. The molecule has 3 heteroatoms. The van der Waals surface area contributed by atoms with Crippen molar-refractivity contribution in [3.05, 3.63) is 34.9 Å². The fraction of sp³-hybridized carbons (Fsp3) is 0.500. The number of rotatable bonds is 4. The van der Waals surface area contributed by atoms with Gasteiger partial charge in [0.2, 0.25) is 0 Å². The number of nitrogens with two attached hydrogens (primary N) is 1. The Morgan fingerprint density at radius 3 is 2.41 bits per heavy atom. The maximum absolute atomic E-state index is 12.3. The molecule has 0 atom stereocenters. The lowest BCUT2D eigenvalue weighted by Gasteiger charge is -2.26. The van der Waals surface area contributed by atoms with Crippen LogP contribution in [0.1, 0.15) is 35.3 Å². The lowest BCUT2D eigenvalue weighted by atomic mass is 10.1. The van der Waals surface area contributed by atoms with Gasteiger partial charge in [0.15, 0.2) is 0 Å². The van der Waals surface area contributed by atoms with Crippen LogP contribution in [0.5, 0.6) is 0 Å². The van der Waals surface area contributed by atoms with E-state index in [4.69, 9.17) is 5.73 Å². The van der Waals surface area contributed by atoms with Gasteiger partial charge in [-0.05, 0) is 51.0 Å². The zero-order chi connectivity index (χ0) is 13.0. The minimum Gasteiger partial charge on any atom is -0.335 e. The van der Waals surface area contributed by atoms with Gasteiger partial charge in [-0.2, -0.15) is 0 Å². The van der Waals surface area contributed by atoms with Crippen molar-refractivity contribution in [1.82, 2.24) is 4.90 Å². The van der Waals surface area contributed by atoms with Crippen molar-refractivity contribution in [2.75, 3.05) is 13.1 Å². The van der Waals surface area contributed by atoms with Crippen LogP contribution in [0.2, 0.25) is 0 Å². The highest BCUT2D eigenvalue weighted by Crippen LogP contribution is 2.13. The lowest BCUT2D eigenvalue weighted by Crippen LogP contribution is -2.40. The first-order chi connectivity index (χ1) is 7.97. The molecule has 0 heterocycles. The van der Waals surface area contributed by atoms with E-state index in [1.54, 1.807) is 0 Å². The molecule has 1 amide bonds. The fourth-order valence-corrected chi connectivity index (χ4v) is 1.77. The highest BCUT2D eigenvalue weighted by molar-refractivity contribution is 5.94. The predicted octanol–water partition coefficient (Wildman–Crippen LogP) is 2.11. The molecule has 0 aliphatic carbocycles. The average Bonchev–Trinajstić information content (AvgIpc) is 2.28. The maximum atomic E-state index is 12.3. The van der Waals surface area contributed by atoms with E-state index in [0.717, 1.165) is 11.1 Å². The molecule has 17 heavy (non-hydrogen) atoms. The van der Waals surface area contributed by atoms with Crippen molar-refractivity contribution in [3.8, 4) is 0 Å². The van der Waals surface area contributed by atoms with Crippen molar-refractivity contribution in [2.24, 2.45) is 5.73 Å². The highest BCUT2D eigenvalue weighted by atomic mass is 16.2. The summed E-state index contributed by atoms with van der Waals surface area (Å²) in [4.78, 5) is 14.1. The van der Waals surface area contributed by atoms with E-state index in [9.17, 15) is 4.79 Å². The largest absolute Gasteiger partial charge is 0.335 e. The molecule has 1 aromatic carbocycles. The first-order valence-corrected chi connectivity index (χ1v) is 6.05. The van der Waals surface area contributed by atoms with Gasteiger partial charge in [-0.1, -0.05) is 6.07 Å². The van der Waals surface area contributed by atoms with E-state index in [-0.39, 0.29) is 11.9 Å². The summed E-state index contributed by atoms with van der Waals surface area (Å²) in [6, 6.07) is 6.00. The first kappa shape index (κ1) is 13.7. The Kier molecular flexibility index (Phi) is 4.70. The molecule has 1 aromatic rings. The molecular weight excluding hydrogens is 212 g/mol. The third-order valence-electron chi connectivity index (χ3n) is 3.01. The molecule has 0 aromatic heterocycles. The minimum absolute atomic E-state index is 0.0635. The minimum atomic E-state index is 0.0635. The predicted molar refractivity (Wildman–Crippen MR) is 71.1 cm³/mol. The van der Waals surface area contributed by atoms with Crippen LogP contribution in [0.3, 0.4) is 0 Å². The van der Waals surface area contributed by atoms with Gasteiger partial charge < -0.3 is 10.6 Å². The molecule has 2 N–H and O–H groups in total. The maximum Gasteiger partial charge on any atom is 0.254 e. The summed E-state index contributed by atoms with van der Waals surface area (Å²) in [5.41, 5.74) is 8.64. The standard InChI is InChI=1S/C14H22N2O/c1-10(2)16(8-7-15)14(17)13-6-5-11(3)12(4)9-13/h5-6,9-10H,7-8,15H2,1-4H3. The summed E-state index contributed by atoms with van der Waals surface area (Å²) in [6.07, 6.45) is 0. The summed E-state index contributed by atoms with van der Waals surface area (Å²) in [5, 5.41) is 0. The normalized spacial score (nSPS) is 10.7. The number of nitrogens with zero attached hydrogens (tertiary/aromatic N) is 1. The van der Waals surface area contributed by atoms with Crippen LogP contribution in [0.25, 0.3) is 0 Å². The molecule has 0 bridgehead atoms. The Morgan fingerprint density at radius 2 is 1.94 bits per heavy atom. The van der Waals surface area contributed by atoms with Crippen LogP contribution in [0.15, 0.2) is 18.2 Å². The molecule has 0 aliphatic rings. The Bertz CT molecular complexity index is 399. The number of hydrogen-bond acceptors (Lipinski definition) is 2.